The van der Waals surface area contributed by atoms with Crippen LogP contribution in [-0.4, -0.2) is 34.1 Å². The van der Waals surface area contributed by atoms with Gasteiger partial charge in [0.15, 0.2) is 0 Å². The zero-order valence-electron chi connectivity index (χ0n) is 15.2. The van der Waals surface area contributed by atoms with Crippen molar-refractivity contribution >= 4 is 39.6 Å². The Bertz CT molecular complexity index is 912. The van der Waals surface area contributed by atoms with E-state index in [0.29, 0.717) is 10.0 Å². The van der Waals surface area contributed by atoms with Crippen LogP contribution in [0.4, 0.5) is 5.69 Å². The number of nitrogens with zero attached hydrogens (tertiary/aromatic N) is 3. The van der Waals surface area contributed by atoms with Crippen molar-refractivity contribution in [3.05, 3.63) is 44.4 Å². The van der Waals surface area contributed by atoms with Crippen molar-refractivity contribution in [3.8, 4) is 5.75 Å². The van der Waals surface area contributed by atoms with Crippen LogP contribution in [0.3, 0.4) is 0 Å². The van der Waals surface area contributed by atoms with Gasteiger partial charge in [-0.25, -0.2) is 0 Å². The minimum absolute atomic E-state index is 0.0491. The summed E-state index contributed by atoms with van der Waals surface area (Å²) in [4.78, 5) is 36.3. The summed E-state index contributed by atoms with van der Waals surface area (Å²) in [6.07, 6.45) is 5.84. The molecule has 2 aliphatic carbocycles. The average molecular weight is 448 g/mol. The second-order valence-corrected chi connectivity index (χ2v) is 8.42. The van der Waals surface area contributed by atoms with Crippen molar-refractivity contribution in [3.63, 3.8) is 0 Å². The molecular formula is C19H18BrN3O5. The molecule has 9 heteroatoms. The lowest BCUT2D eigenvalue weighted by Gasteiger charge is -2.14. The van der Waals surface area contributed by atoms with Gasteiger partial charge in [-0.1, -0.05) is 28.1 Å². The predicted octanol–water partition coefficient (Wildman–Crippen LogP) is 3.29. The molecule has 4 atom stereocenters. The molecule has 8 nitrogen and oxygen atoms in total. The van der Waals surface area contributed by atoms with Crippen LogP contribution in [-0.2, 0) is 9.59 Å². The van der Waals surface area contributed by atoms with E-state index >= 15 is 0 Å². The van der Waals surface area contributed by atoms with E-state index in [-0.39, 0.29) is 53.0 Å². The molecule has 4 rings (SSSR count). The summed E-state index contributed by atoms with van der Waals surface area (Å²) in [5, 5.41) is 16.4. The molecule has 1 saturated carbocycles. The number of nitro benzene ring substituents is 1. The second kappa shape index (κ2) is 6.80. The Hall–Kier alpha value is -2.55. The zero-order chi connectivity index (χ0) is 20.2. The number of benzene rings is 1. The van der Waals surface area contributed by atoms with E-state index in [0.717, 1.165) is 11.4 Å². The summed E-state index contributed by atoms with van der Waals surface area (Å²) in [6.45, 7) is 3.51. The molecule has 1 aromatic rings. The van der Waals surface area contributed by atoms with Crippen molar-refractivity contribution in [2.75, 3.05) is 0 Å². The zero-order valence-corrected chi connectivity index (χ0v) is 16.8. The maximum Gasteiger partial charge on any atom is 0.312 e. The third-order valence-corrected chi connectivity index (χ3v) is 5.83. The topological polar surface area (TPSA) is 102 Å². The Balaban J connectivity index is 1.67. The van der Waals surface area contributed by atoms with Crippen LogP contribution in [0.1, 0.15) is 25.8 Å². The fraction of sp³-hybridized carbons (Fsp3) is 0.421. The molecule has 2 bridgehead atoms. The molecule has 0 radical (unpaired) electrons. The first-order valence-electron chi connectivity index (χ1n) is 9.02. The van der Waals surface area contributed by atoms with Crippen LogP contribution in [0, 0.1) is 33.8 Å². The molecule has 146 valence electrons. The average Bonchev–Trinajstić information content (AvgIpc) is 3.29. The largest absolute Gasteiger partial charge is 0.484 e. The number of ether oxygens (including phenoxy) is 1. The maximum atomic E-state index is 12.7. The van der Waals surface area contributed by atoms with Crippen LogP contribution in [0.2, 0.25) is 0 Å². The van der Waals surface area contributed by atoms with Gasteiger partial charge in [0.05, 0.1) is 29.1 Å². The van der Waals surface area contributed by atoms with Gasteiger partial charge in [0.25, 0.3) is 11.8 Å². The number of carbonyl (C=O) groups excluding carboxylic acids is 2. The molecule has 1 aromatic carbocycles. The molecule has 2 amide bonds. The van der Waals surface area contributed by atoms with Crippen LogP contribution in [0.25, 0.3) is 0 Å². The van der Waals surface area contributed by atoms with E-state index in [1.165, 1.54) is 12.3 Å². The molecule has 2 fully saturated rings. The number of nitro groups is 1. The summed E-state index contributed by atoms with van der Waals surface area (Å²) >= 11 is 3.24. The Labute approximate surface area is 169 Å². The van der Waals surface area contributed by atoms with E-state index in [9.17, 15) is 19.7 Å². The maximum absolute atomic E-state index is 12.7. The highest BCUT2D eigenvalue weighted by Gasteiger charge is 2.59. The Kier molecular flexibility index (Phi) is 4.57. The molecule has 4 unspecified atom stereocenters. The Morgan fingerprint density at radius 1 is 1.25 bits per heavy atom. The molecule has 1 aliphatic heterocycles. The number of hydrogen-bond donors (Lipinski definition) is 0. The third kappa shape index (κ3) is 2.94. The first kappa shape index (κ1) is 18.8. The molecule has 28 heavy (non-hydrogen) atoms. The number of rotatable bonds is 5. The quantitative estimate of drug-likeness (QED) is 0.226. The monoisotopic (exact) mass is 447 g/mol. The number of hydrogen-bond acceptors (Lipinski definition) is 6. The second-order valence-electron chi connectivity index (χ2n) is 7.50. The molecule has 3 aliphatic rings. The lowest BCUT2D eigenvalue weighted by Crippen LogP contribution is -2.28. The van der Waals surface area contributed by atoms with Crippen LogP contribution in [0.5, 0.6) is 5.75 Å². The number of carbonyl (C=O) groups is 2. The number of fused-ring (bicyclic) bond motifs is 5. The Morgan fingerprint density at radius 3 is 2.39 bits per heavy atom. The lowest BCUT2D eigenvalue weighted by molar-refractivity contribution is -0.386. The number of allylic oxidation sites excluding steroid dienone is 2. The summed E-state index contributed by atoms with van der Waals surface area (Å²) in [5.41, 5.74) is 0.0937. The molecule has 1 saturated heterocycles. The van der Waals surface area contributed by atoms with E-state index in [1.807, 2.05) is 12.2 Å². The molecule has 0 N–H and O–H groups in total. The minimum atomic E-state index is -0.542. The first-order valence-corrected chi connectivity index (χ1v) is 9.82. The molecular weight excluding hydrogens is 430 g/mol. The highest BCUT2D eigenvalue weighted by Crippen LogP contribution is 2.52. The third-order valence-electron chi connectivity index (χ3n) is 5.37. The summed E-state index contributed by atoms with van der Waals surface area (Å²) < 4.78 is 6.10. The van der Waals surface area contributed by atoms with E-state index in [1.54, 1.807) is 19.9 Å². The van der Waals surface area contributed by atoms with Gasteiger partial charge in [0.1, 0.15) is 0 Å². The summed E-state index contributed by atoms with van der Waals surface area (Å²) in [7, 11) is 0. The Morgan fingerprint density at radius 2 is 1.86 bits per heavy atom. The predicted molar refractivity (Wildman–Crippen MR) is 104 cm³/mol. The van der Waals surface area contributed by atoms with Gasteiger partial charge < -0.3 is 4.74 Å². The van der Waals surface area contributed by atoms with Crippen LogP contribution in [0.15, 0.2) is 33.9 Å². The number of imide groups is 1. The SMILES string of the molecule is CC(C)Oc1c(C=NN2C(=O)C3C4C=CC(C4)C3C2=O)cc(Br)cc1[N+](=O)[O-]. The van der Waals surface area contributed by atoms with Gasteiger partial charge in [-0.2, -0.15) is 10.1 Å². The standard InChI is InChI=1S/C19H18BrN3O5/c1-9(2)28-17-12(6-13(20)7-14(17)23(26)27)8-21-22-18(24)15-10-3-4-11(5-10)16(15)19(22)25/h3-4,6-11,15-16H,5H2,1-2H3. The highest BCUT2D eigenvalue weighted by atomic mass is 79.9. The fourth-order valence-corrected chi connectivity index (χ4v) is 4.78. The number of halogens is 1. The van der Waals surface area contributed by atoms with Crippen molar-refractivity contribution in [2.24, 2.45) is 28.8 Å². The van der Waals surface area contributed by atoms with Gasteiger partial charge in [0.2, 0.25) is 5.75 Å². The van der Waals surface area contributed by atoms with E-state index in [2.05, 4.69) is 21.0 Å². The van der Waals surface area contributed by atoms with Crippen molar-refractivity contribution in [1.29, 1.82) is 0 Å². The smallest absolute Gasteiger partial charge is 0.312 e. The minimum Gasteiger partial charge on any atom is -0.484 e. The van der Waals surface area contributed by atoms with Crippen LogP contribution < -0.4 is 4.74 Å². The normalized spacial score (nSPS) is 28.1. The fourth-order valence-electron chi connectivity index (χ4n) is 4.32. The molecule has 0 aromatic heterocycles. The van der Waals surface area contributed by atoms with Crippen molar-refractivity contribution in [2.45, 2.75) is 26.4 Å². The number of amides is 2. The lowest BCUT2D eigenvalue weighted by atomic mass is 9.85. The van der Waals surface area contributed by atoms with Gasteiger partial charge in [-0.15, -0.1) is 0 Å². The van der Waals surface area contributed by atoms with E-state index < -0.39 is 4.92 Å². The van der Waals surface area contributed by atoms with Gasteiger partial charge >= 0.3 is 5.69 Å². The molecule has 0 spiro atoms. The van der Waals surface area contributed by atoms with Gasteiger partial charge in [0, 0.05) is 16.1 Å². The van der Waals surface area contributed by atoms with Crippen molar-refractivity contribution in [1.82, 2.24) is 5.01 Å². The van der Waals surface area contributed by atoms with Crippen LogP contribution >= 0.6 is 15.9 Å². The van der Waals surface area contributed by atoms with Crippen molar-refractivity contribution < 1.29 is 19.2 Å². The van der Waals surface area contributed by atoms with E-state index in [4.69, 9.17) is 4.74 Å². The number of hydrazone groups is 1. The summed E-state index contributed by atoms with van der Waals surface area (Å²) in [5.74, 6) is -1.06. The molecule has 1 heterocycles. The van der Waals surface area contributed by atoms with Gasteiger partial charge in [-0.3, -0.25) is 19.7 Å². The first-order chi connectivity index (χ1) is 13.3. The van der Waals surface area contributed by atoms with Gasteiger partial charge in [-0.05, 0) is 38.2 Å². The highest BCUT2D eigenvalue weighted by molar-refractivity contribution is 9.10. The summed E-state index contributed by atoms with van der Waals surface area (Å²) in [6, 6.07) is 2.94.